The number of amides is 1. The van der Waals surface area contributed by atoms with Gasteiger partial charge < -0.3 is 10.6 Å². The van der Waals surface area contributed by atoms with E-state index in [9.17, 15) is 4.79 Å². The Morgan fingerprint density at radius 3 is 2.96 bits per heavy atom. The number of nitrogens with two attached hydrogens (primary N) is 1. The van der Waals surface area contributed by atoms with E-state index < -0.39 is 0 Å². The minimum atomic E-state index is 0.0717. The Balaban J connectivity index is 1.46. The van der Waals surface area contributed by atoms with Crippen molar-refractivity contribution in [2.24, 2.45) is 5.92 Å². The molecule has 2 fully saturated rings. The predicted molar refractivity (Wildman–Crippen MR) is 85.8 cm³/mol. The fourth-order valence-corrected chi connectivity index (χ4v) is 3.55. The number of nitrogen functional groups attached to an aromatic ring is 1. The molecule has 1 aliphatic carbocycles. The van der Waals surface area contributed by atoms with E-state index in [1.165, 1.54) is 19.3 Å². The number of nitrogens with zero attached hydrogens (tertiary/aromatic N) is 4. The summed E-state index contributed by atoms with van der Waals surface area (Å²) in [6.07, 6.45) is 8.07. The molecule has 2 aromatic heterocycles. The largest absolute Gasteiger partial charge is 0.396 e. The number of hydrogen-bond acceptors (Lipinski definition) is 4. The molecule has 2 aliphatic rings. The lowest BCUT2D eigenvalue weighted by Gasteiger charge is -2.26. The van der Waals surface area contributed by atoms with E-state index in [4.69, 9.17) is 5.73 Å². The molecule has 0 bridgehead atoms. The molecule has 3 N–H and O–H groups in total. The molecule has 3 heterocycles. The third-order valence-electron chi connectivity index (χ3n) is 5.17. The van der Waals surface area contributed by atoms with Crippen molar-refractivity contribution < 1.29 is 4.79 Å². The summed E-state index contributed by atoms with van der Waals surface area (Å²) in [5, 5.41) is 11.3. The molecule has 4 rings (SSSR count). The third-order valence-corrected chi connectivity index (χ3v) is 5.17. The quantitative estimate of drug-likeness (QED) is 0.897. The number of aromatic amines is 1. The number of aromatic nitrogens is 4. The third kappa shape index (κ3) is 2.60. The van der Waals surface area contributed by atoms with Crippen molar-refractivity contribution >= 4 is 11.6 Å². The molecule has 122 valence electrons. The van der Waals surface area contributed by atoms with Crippen LogP contribution < -0.4 is 5.73 Å². The van der Waals surface area contributed by atoms with Crippen molar-refractivity contribution in [1.29, 1.82) is 0 Å². The lowest BCUT2D eigenvalue weighted by molar-refractivity contribution is 0.0775. The highest BCUT2D eigenvalue weighted by Gasteiger charge is 2.31. The van der Waals surface area contributed by atoms with E-state index in [0.29, 0.717) is 23.8 Å². The van der Waals surface area contributed by atoms with Gasteiger partial charge in [0.05, 0.1) is 17.6 Å². The van der Waals surface area contributed by atoms with E-state index in [0.717, 1.165) is 25.2 Å². The zero-order valence-corrected chi connectivity index (χ0v) is 13.1. The van der Waals surface area contributed by atoms with Crippen LogP contribution in [-0.4, -0.2) is 43.9 Å². The molecule has 1 saturated heterocycles. The first kappa shape index (κ1) is 14.3. The molecule has 1 atom stereocenters. The average Bonchev–Trinajstić information content (AvgIpc) is 3.22. The molecule has 0 aromatic carbocycles. The molecule has 2 aromatic rings. The van der Waals surface area contributed by atoms with Crippen molar-refractivity contribution in [2.45, 2.75) is 38.1 Å². The van der Waals surface area contributed by atoms with Gasteiger partial charge in [-0.1, -0.05) is 6.42 Å². The van der Waals surface area contributed by atoms with Crippen LogP contribution in [-0.2, 0) is 6.54 Å². The number of anilines is 1. The van der Waals surface area contributed by atoms with Crippen molar-refractivity contribution in [1.82, 2.24) is 24.9 Å². The Morgan fingerprint density at radius 1 is 1.39 bits per heavy atom. The summed E-state index contributed by atoms with van der Waals surface area (Å²) < 4.78 is 1.88. The van der Waals surface area contributed by atoms with Crippen LogP contribution in [0, 0.1) is 5.92 Å². The van der Waals surface area contributed by atoms with Crippen molar-refractivity contribution in [3.63, 3.8) is 0 Å². The summed E-state index contributed by atoms with van der Waals surface area (Å²) in [5.74, 6) is 0.990. The standard InChI is InChI=1S/C16H22N6O/c17-13-8-18-20-15(13)12-5-7-21(10-12)16(23)14-4-6-19-22(14)9-11-2-1-3-11/h4,6,8,11-12H,1-3,5,7,9-10,17H2,(H,18,20). The maximum Gasteiger partial charge on any atom is 0.272 e. The van der Waals surface area contributed by atoms with Crippen LogP contribution in [0.4, 0.5) is 5.69 Å². The van der Waals surface area contributed by atoms with Gasteiger partial charge in [-0.3, -0.25) is 14.6 Å². The second-order valence-corrected chi connectivity index (χ2v) is 6.67. The number of likely N-dealkylation sites (tertiary alicyclic amines) is 1. The highest BCUT2D eigenvalue weighted by molar-refractivity contribution is 5.92. The molecule has 1 unspecified atom stereocenters. The van der Waals surface area contributed by atoms with E-state index >= 15 is 0 Å². The lowest BCUT2D eigenvalue weighted by atomic mass is 9.85. The highest BCUT2D eigenvalue weighted by Crippen LogP contribution is 2.31. The summed E-state index contributed by atoms with van der Waals surface area (Å²) >= 11 is 0. The Kier molecular flexibility index (Phi) is 3.55. The summed E-state index contributed by atoms with van der Waals surface area (Å²) in [4.78, 5) is 14.7. The molecule has 1 aliphatic heterocycles. The normalized spacial score (nSPS) is 21.6. The molecule has 0 radical (unpaired) electrons. The Bertz CT molecular complexity index is 701. The number of nitrogens with one attached hydrogen (secondary N) is 1. The van der Waals surface area contributed by atoms with Crippen molar-refractivity contribution in [3.05, 3.63) is 29.8 Å². The molecule has 7 nitrogen and oxygen atoms in total. The fourth-order valence-electron chi connectivity index (χ4n) is 3.55. The van der Waals surface area contributed by atoms with Crippen LogP contribution in [0.1, 0.15) is 47.8 Å². The monoisotopic (exact) mass is 314 g/mol. The zero-order valence-electron chi connectivity index (χ0n) is 13.1. The fraction of sp³-hybridized carbons (Fsp3) is 0.562. The van der Waals surface area contributed by atoms with Gasteiger partial charge in [0.1, 0.15) is 5.69 Å². The molecule has 0 spiro atoms. The van der Waals surface area contributed by atoms with Crippen LogP contribution in [0.15, 0.2) is 18.5 Å². The van der Waals surface area contributed by atoms with Crippen LogP contribution >= 0.6 is 0 Å². The van der Waals surface area contributed by atoms with Crippen LogP contribution in [0.3, 0.4) is 0 Å². The van der Waals surface area contributed by atoms with Gasteiger partial charge in [0, 0.05) is 31.7 Å². The maximum atomic E-state index is 12.8. The number of rotatable bonds is 4. The molecule has 7 heteroatoms. The smallest absolute Gasteiger partial charge is 0.272 e. The Labute approximate surface area is 134 Å². The van der Waals surface area contributed by atoms with Gasteiger partial charge in [-0.2, -0.15) is 10.2 Å². The second kappa shape index (κ2) is 5.72. The number of hydrogen-bond donors (Lipinski definition) is 2. The number of carbonyl (C=O) groups is 1. The molecule has 1 amide bonds. The second-order valence-electron chi connectivity index (χ2n) is 6.67. The Morgan fingerprint density at radius 2 is 2.26 bits per heavy atom. The van der Waals surface area contributed by atoms with E-state index in [2.05, 4.69) is 15.3 Å². The zero-order chi connectivity index (χ0) is 15.8. The molecular formula is C16H22N6O. The summed E-state index contributed by atoms with van der Waals surface area (Å²) in [6, 6.07) is 1.83. The van der Waals surface area contributed by atoms with E-state index in [1.54, 1.807) is 12.4 Å². The van der Waals surface area contributed by atoms with Crippen molar-refractivity contribution in [2.75, 3.05) is 18.8 Å². The average molecular weight is 314 g/mol. The molecule has 23 heavy (non-hydrogen) atoms. The van der Waals surface area contributed by atoms with Crippen LogP contribution in [0.2, 0.25) is 0 Å². The highest BCUT2D eigenvalue weighted by atomic mass is 16.2. The first-order valence-electron chi connectivity index (χ1n) is 8.32. The van der Waals surface area contributed by atoms with Gasteiger partial charge in [0.25, 0.3) is 5.91 Å². The number of H-pyrrole nitrogens is 1. The van der Waals surface area contributed by atoms with Gasteiger partial charge in [-0.05, 0) is 31.2 Å². The van der Waals surface area contributed by atoms with Crippen molar-refractivity contribution in [3.8, 4) is 0 Å². The minimum absolute atomic E-state index is 0.0717. The number of carbonyl (C=O) groups excluding carboxylic acids is 1. The topological polar surface area (TPSA) is 92.8 Å². The molecule has 1 saturated carbocycles. The summed E-state index contributed by atoms with van der Waals surface area (Å²) in [7, 11) is 0. The van der Waals surface area contributed by atoms with Crippen LogP contribution in [0.5, 0.6) is 0 Å². The molecular weight excluding hydrogens is 292 g/mol. The van der Waals surface area contributed by atoms with Crippen LogP contribution in [0.25, 0.3) is 0 Å². The van der Waals surface area contributed by atoms with Gasteiger partial charge in [-0.25, -0.2) is 0 Å². The first-order chi connectivity index (χ1) is 11.2. The van der Waals surface area contributed by atoms with E-state index in [1.807, 2.05) is 15.6 Å². The minimum Gasteiger partial charge on any atom is -0.396 e. The summed E-state index contributed by atoms with van der Waals surface area (Å²) in [5.41, 5.74) is 8.26. The van der Waals surface area contributed by atoms with E-state index in [-0.39, 0.29) is 11.8 Å². The first-order valence-corrected chi connectivity index (χ1v) is 8.32. The predicted octanol–water partition coefficient (Wildman–Crippen LogP) is 1.62. The maximum absolute atomic E-state index is 12.8. The lowest BCUT2D eigenvalue weighted by Crippen LogP contribution is -2.31. The Hall–Kier alpha value is -2.31. The summed E-state index contributed by atoms with van der Waals surface area (Å²) in [6.45, 7) is 2.29. The van der Waals surface area contributed by atoms with Gasteiger partial charge in [0.2, 0.25) is 0 Å². The van der Waals surface area contributed by atoms with Gasteiger partial charge >= 0.3 is 0 Å². The van der Waals surface area contributed by atoms with Gasteiger partial charge in [0.15, 0.2) is 0 Å². The SMILES string of the molecule is Nc1cn[nH]c1C1CCN(C(=O)c2ccnn2CC2CCC2)C1. The van der Waals surface area contributed by atoms with Gasteiger partial charge in [-0.15, -0.1) is 0 Å².